The summed E-state index contributed by atoms with van der Waals surface area (Å²) in [4.78, 5) is 15.2. The van der Waals surface area contributed by atoms with E-state index >= 15 is 4.79 Å². The lowest BCUT2D eigenvalue weighted by molar-refractivity contribution is 0.104. The molecule has 0 aliphatic carbocycles. The summed E-state index contributed by atoms with van der Waals surface area (Å²) in [5, 5.41) is 17.8. The van der Waals surface area contributed by atoms with Crippen LogP contribution in [0.5, 0.6) is 28.7 Å². The molecule has 0 unspecified atom stereocenters. The van der Waals surface area contributed by atoms with Crippen LogP contribution in [-0.2, 0) is 6.61 Å². The zero-order valence-corrected chi connectivity index (χ0v) is 27.5. The Morgan fingerprint density at radius 1 is 0.681 bits per heavy atom. The fourth-order valence-corrected chi connectivity index (χ4v) is 7.87. The van der Waals surface area contributed by atoms with E-state index in [1.807, 2.05) is 108 Å². The molecule has 234 valence electrons. The molecule has 0 fully saturated rings. The smallest absolute Gasteiger partial charge is 0.202 e. The molecule has 0 aliphatic heterocycles. The number of carbonyl (C=O) groups excluding carboxylic acids is 1. The molecule has 0 saturated heterocycles. The first-order chi connectivity index (χ1) is 23.0. The van der Waals surface area contributed by atoms with E-state index in [-0.39, 0.29) is 29.6 Å². The molecule has 1 N–H and O–H groups in total. The molecule has 5 aromatic carbocycles. The molecule has 6 nitrogen and oxygen atoms in total. The Morgan fingerprint density at radius 3 is 2.06 bits per heavy atom. The van der Waals surface area contributed by atoms with E-state index in [2.05, 4.69) is 0 Å². The number of ketones is 1. The van der Waals surface area contributed by atoms with Crippen LogP contribution < -0.4 is 18.9 Å². The molecule has 2 heterocycles. The lowest BCUT2D eigenvalue weighted by atomic mass is 9.85. The Kier molecular flexibility index (Phi) is 8.28. The van der Waals surface area contributed by atoms with Crippen molar-refractivity contribution >= 4 is 48.6 Å². The summed E-state index contributed by atoms with van der Waals surface area (Å²) in [5.74, 6) is 1.18. The monoisotopic (exact) mass is 658 g/mol. The minimum absolute atomic E-state index is 0.0761. The minimum atomic E-state index is -0.209. The van der Waals surface area contributed by atoms with Gasteiger partial charge in [-0.1, -0.05) is 66.7 Å². The van der Waals surface area contributed by atoms with E-state index in [0.29, 0.717) is 39.3 Å². The quantitative estimate of drug-likeness (QED) is 0.148. The SMILES string of the molecule is COc1ccc(-c2c(OC)c(O)c(OCc3ccccc3OC)c(-c3csc4ccccc34)c2C(=O)c2csc3ccccc23)cc1. The van der Waals surface area contributed by atoms with E-state index in [1.165, 1.54) is 18.4 Å². The summed E-state index contributed by atoms with van der Waals surface area (Å²) >= 11 is 3.08. The largest absolute Gasteiger partial charge is 0.502 e. The van der Waals surface area contributed by atoms with Crippen LogP contribution in [0.1, 0.15) is 21.5 Å². The predicted octanol–water partition coefficient (Wildman–Crippen LogP) is 9.99. The molecule has 0 spiro atoms. The zero-order chi connectivity index (χ0) is 32.5. The lowest BCUT2D eigenvalue weighted by Crippen LogP contribution is -2.10. The number of methoxy groups -OCH3 is 3. The van der Waals surface area contributed by atoms with Gasteiger partial charge in [0.2, 0.25) is 5.75 Å². The number of fused-ring (bicyclic) bond motifs is 2. The van der Waals surface area contributed by atoms with Gasteiger partial charge in [0, 0.05) is 58.9 Å². The third kappa shape index (κ3) is 5.35. The molecule has 2 aromatic heterocycles. The molecule has 7 aromatic rings. The van der Waals surface area contributed by atoms with Crippen molar-refractivity contribution in [2.75, 3.05) is 21.3 Å². The van der Waals surface area contributed by atoms with Crippen LogP contribution in [0.15, 0.2) is 108 Å². The molecule has 8 heteroatoms. The lowest BCUT2D eigenvalue weighted by Gasteiger charge is -2.23. The Morgan fingerprint density at radius 2 is 1.34 bits per heavy atom. The van der Waals surface area contributed by atoms with Crippen molar-refractivity contribution in [2.45, 2.75) is 6.61 Å². The number of phenols is 1. The van der Waals surface area contributed by atoms with Crippen LogP contribution in [0.25, 0.3) is 42.4 Å². The van der Waals surface area contributed by atoms with Crippen molar-refractivity contribution in [3.05, 3.63) is 125 Å². The van der Waals surface area contributed by atoms with E-state index in [0.717, 1.165) is 31.3 Å². The summed E-state index contributed by atoms with van der Waals surface area (Å²) in [6.07, 6.45) is 0. The number of ether oxygens (including phenoxy) is 4. The van der Waals surface area contributed by atoms with Gasteiger partial charge in [-0.2, -0.15) is 0 Å². The Balaban J connectivity index is 1.58. The molecule has 7 rings (SSSR count). The highest BCUT2D eigenvalue weighted by Gasteiger charge is 2.33. The predicted molar refractivity (Wildman–Crippen MR) is 190 cm³/mol. The maximum atomic E-state index is 15.2. The van der Waals surface area contributed by atoms with Crippen LogP contribution >= 0.6 is 22.7 Å². The Labute approximate surface area is 280 Å². The molecule has 0 aliphatic rings. The molecule has 47 heavy (non-hydrogen) atoms. The van der Waals surface area contributed by atoms with Crippen molar-refractivity contribution in [3.8, 4) is 51.0 Å². The van der Waals surface area contributed by atoms with E-state index < -0.39 is 0 Å². The van der Waals surface area contributed by atoms with Gasteiger partial charge in [-0.3, -0.25) is 4.79 Å². The molecule has 0 saturated carbocycles. The van der Waals surface area contributed by atoms with Gasteiger partial charge in [-0.25, -0.2) is 0 Å². The number of hydrogen-bond acceptors (Lipinski definition) is 8. The van der Waals surface area contributed by atoms with E-state index in [4.69, 9.17) is 18.9 Å². The van der Waals surface area contributed by atoms with Crippen LogP contribution in [0.3, 0.4) is 0 Å². The molecular formula is C39H30O6S2. The fourth-order valence-electron chi connectivity index (χ4n) is 5.98. The van der Waals surface area contributed by atoms with Crippen molar-refractivity contribution in [2.24, 2.45) is 0 Å². The number of carbonyl (C=O) groups is 1. The number of phenolic OH excluding ortho intramolecular Hbond substituents is 1. The summed E-state index contributed by atoms with van der Waals surface area (Å²) in [6.45, 7) is 0.0761. The van der Waals surface area contributed by atoms with E-state index in [9.17, 15) is 5.11 Å². The third-order valence-electron chi connectivity index (χ3n) is 8.23. The molecular weight excluding hydrogens is 629 g/mol. The number of aromatic hydroxyl groups is 1. The standard InChI is InChI=1S/C39H30O6S2/c1-42-25-18-16-23(17-19-25)33-35(36(40)29-22-47-32-15-9-6-12-27(29)32)34(28-21-46-31-14-8-5-11-26(28)31)39(37(41)38(33)44-3)45-20-24-10-4-7-13-30(24)43-2/h4-19,21-22,41H,20H2,1-3H3. The molecule has 0 radical (unpaired) electrons. The first-order valence-corrected chi connectivity index (χ1v) is 16.6. The fraction of sp³-hybridized carbons (Fsp3) is 0.103. The van der Waals surface area contributed by atoms with Gasteiger partial charge in [0.15, 0.2) is 17.3 Å². The van der Waals surface area contributed by atoms with Gasteiger partial charge in [-0.05, 0) is 41.3 Å². The van der Waals surface area contributed by atoms with Crippen molar-refractivity contribution in [3.63, 3.8) is 0 Å². The average molecular weight is 659 g/mol. The van der Waals surface area contributed by atoms with Gasteiger partial charge in [-0.15, -0.1) is 22.7 Å². The number of para-hydroxylation sites is 1. The highest BCUT2D eigenvalue weighted by Crippen LogP contribution is 2.55. The number of rotatable bonds is 10. The number of thiophene rings is 2. The average Bonchev–Trinajstić information content (AvgIpc) is 3.75. The number of benzene rings is 5. The molecule has 0 atom stereocenters. The zero-order valence-electron chi connectivity index (χ0n) is 25.9. The van der Waals surface area contributed by atoms with Crippen LogP contribution in [0.4, 0.5) is 0 Å². The van der Waals surface area contributed by atoms with Crippen molar-refractivity contribution in [1.29, 1.82) is 0 Å². The van der Waals surface area contributed by atoms with Crippen LogP contribution in [-0.4, -0.2) is 32.2 Å². The number of hydrogen-bond donors (Lipinski definition) is 1. The van der Waals surface area contributed by atoms with Gasteiger partial charge >= 0.3 is 0 Å². The van der Waals surface area contributed by atoms with Gasteiger partial charge < -0.3 is 24.1 Å². The minimum Gasteiger partial charge on any atom is -0.502 e. The summed E-state index contributed by atoms with van der Waals surface area (Å²) < 4.78 is 25.6. The topological polar surface area (TPSA) is 74.2 Å². The van der Waals surface area contributed by atoms with E-state index in [1.54, 1.807) is 25.6 Å². The maximum absolute atomic E-state index is 15.2. The first kappa shape index (κ1) is 30.3. The summed E-state index contributed by atoms with van der Waals surface area (Å²) in [5.41, 5.74) is 4.11. The third-order valence-corrected chi connectivity index (χ3v) is 10.2. The van der Waals surface area contributed by atoms with Gasteiger partial charge in [0.1, 0.15) is 18.1 Å². The Bertz CT molecular complexity index is 2250. The van der Waals surface area contributed by atoms with Crippen LogP contribution in [0, 0.1) is 0 Å². The second-order valence-corrected chi connectivity index (χ2v) is 12.6. The highest BCUT2D eigenvalue weighted by molar-refractivity contribution is 7.18. The van der Waals surface area contributed by atoms with Gasteiger partial charge in [0.05, 0.1) is 21.3 Å². The summed E-state index contributed by atoms with van der Waals surface area (Å²) in [7, 11) is 4.69. The van der Waals surface area contributed by atoms with Crippen LogP contribution in [0.2, 0.25) is 0 Å². The Hall–Kier alpha value is -5.31. The molecule has 0 amide bonds. The highest BCUT2D eigenvalue weighted by atomic mass is 32.1. The summed E-state index contributed by atoms with van der Waals surface area (Å²) in [6, 6.07) is 30.8. The normalized spacial score (nSPS) is 11.1. The molecule has 0 bridgehead atoms. The van der Waals surface area contributed by atoms with Gasteiger partial charge in [0.25, 0.3) is 0 Å². The second-order valence-electron chi connectivity index (χ2n) is 10.8. The van der Waals surface area contributed by atoms with Crippen molar-refractivity contribution in [1.82, 2.24) is 0 Å². The maximum Gasteiger partial charge on any atom is 0.202 e. The second kappa shape index (κ2) is 12.8. The van der Waals surface area contributed by atoms with Crippen molar-refractivity contribution < 1.29 is 28.8 Å². The first-order valence-electron chi connectivity index (χ1n) is 14.9.